The number of aromatic nitrogens is 2. The zero-order chi connectivity index (χ0) is 16.1. The molecule has 0 fully saturated rings. The van der Waals surface area contributed by atoms with Crippen LogP contribution in [0.4, 0.5) is 0 Å². The molecule has 0 saturated carbocycles. The average molecular weight is 321 g/mol. The molecule has 1 heterocycles. The van der Waals surface area contributed by atoms with Crippen LogP contribution in [0.2, 0.25) is 5.02 Å². The standard InChI is InChI=1S/C15H17ClN4O2/c1-3-5-14(21)18-17-9-13-10(2)19-20(15(13)22)12-7-4-6-11(16)8-12/h4,6-9,19H,3,5H2,1-2H3,(H,18,21)/b17-9+. The molecule has 6 nitrogen and oxygen atoms in total. The normalized spacial score (nSPS) is 11.0. The average Bonchev–Trinajstić information content (AvgIpc) is 2.75. The van der Waals surface area contributed by atoms with E-state index >= 15 is 0 Å². The second-order valence-corrected chi connectivity index (χ2v) is 5.25. The Morgan fingerprint density at radius 2 is 2.27 bits per heavy atom. The second kappa shape index (κ2) is 7.09. The molecule has 0 spiro atoms. The van der Waals surface area contributed by atoms with E-state index in [-0.39, 0.29) is 11.5 Å². The van der Waals surface area contributed by atoms with E-state index < -0.39 is 0 Å². The van der Waals surface area contributed by atoms with Crippen molar-refractivity contribution in [3.8, 4) is 5.69 Å². The minimum Gasteiger partial charge on any atom is -0.295 e. The number of amides is 1. The van der Waals surface area contributed by atoms with Gasteiger partial charge in [0.15, 0.2) is 0 Å². The number of hydrogen-bond acceptors (Lipinski definition) is 3. The van der Waals surface area contributed by atoms with Gasteiger partial charge in [0.05, 0.1) is 17.5 Å². The highest BCUT2D eigenvalue weighted by atomic mass is 35.5. The minimum atomic E-state index is -0.256. The summed E-state index contributed by atoms with van der Waals surface area (Å²) in [6.07, 6.45) is 2.49. The Kier molecular flexibility index (Phi) is 5.16. The number of nitrogens with zero attached hydrogens (tertiary/aromatic N) is 2. The zero-order valence-electron chi connectivity index (χ0n) is 12.4. The van der Waals surface area contributed by atoms with Crippen LogP contribution in [0.1, 0.15) is 31.0 Å². The fraction of sp³-hybridized carbons (Fsp3) is 0.267. The maximum absolute atomic E-state index is 12.4. The van der Waals surface area contributed by atoms with Crippen molar-refractivity contribution < 1.29 is 4.79 Å². The number of carbonyl (C=O) groups excluding carboxylic acids is 1. The summed E-state index contributed by atoms with van der Waals surface area (Å²) in [7, 11) is 0. The zero-order valence-corrected chi connectivity index (χ0v) is 13.1. The first kappa shape index (κ1) is 16.0. The lowest BCUT2D eigenvalue weighted by molar-refractivity contribution is -0.121. The molecule has 1 aromatic carbocycles. The summed E-state index contributed by atoms with van der Waals surface area (Å²) in [5.41, 5.74) is 3.81. The van der Waals surface area contributed by atoms with Gasteiger partial charge in [0.25, 0.3) is 5.56 Å². The predicted molar refractivity (Wildman–Crippen MR) is 86.8 cm³/mol. The highest BCUT2D eigenvalue weighted by Gasteiger charge is 2.11. The molecule has 0 aliphatic heterocycles. The van der Waals surface area contributed by atoms with Crippen LogP contribution in [-0.4, -0.2) is 21.9 Å². The fourth-order valence-corrected chi connectivity index (χ4v) is 2.14. The van der Waals surface area contributed by atoms with Gasteiger partial charge < -0.3 is 0 Å². The summed E-state index contributed by atoms with van der Waals surface area (Å²) >= 11 is 5.94. The molecule has 0 aliphatic rings. The molecule has 1 amide bonds. The van der Waals surface area contributed by atoms with Gasteiger partial charge in [0, 0.05) is 17.1 Å². The summed E-state index contributed by atoms with van der Waals surface area (Å²) in [6.45, 7) is 3.67. The van der Waals surface area contributed by atoms with E-state index in [1.165, 1.54) is 10.9 Å². The smallest absolute Gasteiger partial charge is 0.280 e. The lowest BCUT2D eigenvalue weighted by atomic mass is 10.3. The van der Waals surface area contributed by atoms with Crippen molar-refractivity contribution >= 4 is 23.7 Å². The van der Waals surface area contributed by atoms with Crippen molar-refractivity contribution in [3.63, 3.8) is 0 Å². The van der Waals surface area contributed by atoms with Crippen molar-refractivity contribution in [2.24, 2.45) is 5.10 Å². The lowest BCUT2D eigenvalue weighted by Crippen LogP contribution is -2.19. The molecular weight excluding hydrogens is 304 g/mol. The highest BCUT2D eigenvalue weighted by Crippen LogP contribution is 2.13. The minimum absolute atomic E-state index is 0.179. The lowest BCUT2D eigenvalue weighted by Gasteiger charge is -2.01. The van der Waals surface area contributed by atoms with Gasteiger partial charge in [-0.15, -0.1) is 0 Å². The summed E-state index contributed by atoms with van der Waals surface area (Å²) in [6, 6.07) is 6.95. The van der Waals surface area contributed by atoms with Crippen molar-refractivity contribution in [3.05, 3.63) is 50.9 Å². The van der Waals surface area contributed by atoms with Gasteiger partial charge in [0.1, 0.15) is 0 Å². The Morgan fingerprint density at radius 1 is 1.50 bits per heavy atom. The maximum Gasteiger partial charge on any atom is 0.280 e. The Balaban J connectivity index is 2.26. The van der Waals surface area contributed by atoms with Crippen molar-refractivity contribution in [2.45, 2.75) is 26.7 Å². The van der Waals surface area contributed by atoms with Crippen LogP contribution in [0.3, 0.4) is 0 Å². The van der Waals surface area contributed by atoms with E-state index in [0.717, 1.165) is 6.42 Å². The van der Waals surface area contributed by atoms with E-state index in [1.54, 1.807) is 31.2 Å². The van der Waals surface area contributed by atoms with E-state index in [2.05, 4.69) is 15.6 Å². The van der Waals surface area contributed by atoms with Crippen LogP contribution in [-0.2, 0) is 4.79 Å². The van der Waals surface area contributed by atoms with Gasteiger partial charge in [-0.3, -0.25) is 14.7 Å². The topological polar surface area (TPSA) is 79.2 Å². The first-order chi connectivity index (χ1) is 10.5. The number of benzene rings is 1. The Morgan fingerprint density at radius 3 is 2.95 bits per heavy atom. The van der Waals surface area contributed by atoms with Crippen LogP contribution in [0.5, 0.6) is 0 Å². The summed E-state index contributed by atoms with van der Waals surface area (Å²) in [5.74, 6) is -0.179. The Hall–Kier alpha value is -2.34. The Bertz CT molecular complexity index is 761. The van der Waals surface area contributed by atoms with Crippen LogP contribution in [0.15, 0.2) is 34.2 Å². The second-order valence-electron chi connectivity index (χ2n) is 4.81. The number of halogens is 1. The van der Waals surface area contributed by atoms with Gasteiger partial charge in [0.2, 0.25) is 5.91 Å². The predicted octanol–water partition coefficient (Wildman–Crippen LogP) is 2.38. The number of aromatic amines is 1. The largest absolute Gasteiger partial charge is 0.295 e. The van der Waals surface area contributed by atoms with Gasteiger partial charge in [-0.1, -0.05) is 24.6 Å². The summed E-state index contributed by atoms with van der Waals surface area (Å²) < 4.78 is 1.39. The molecule has 2 rings (SSSR count). The van der Waals surface area contributed by atoms with Crippen molar-refractivity contribution in [2.75, 3.05) is 0 Å². The number of H-pyrrole nitrogens is 1. The molecule has 22 heavy (non-hydrogen) atoms. The van der Waals surface area contributed by atoms with Crippen molar-refractivity contribution in [1.82, 2.24) is 15.2 Å². The van der Waals surface area contributed by atoms with Crippen LogP contribution in [0.25, 0.3) is 5.69 Å². The summed E-state index contributed by atoms with van der Waals surface area (Å²) in [5, 5.41) is 7.32. The number of hydrazone groups is 1. The molecule has 7 heteroatoms. The van der Waals surface area contributed by atoms with Gasteiger partial charge in [-0.25, -0.2) is 10.1 Å². The molecule has 0 bridgehead atoms. The number of nitrogens with one attached hydrogen (secondary N) is 2. The number of aryl methyl sites for hydroxylation is 1. The number of hydrogen-bond donors (Lipinski definition) is 2. The molecule has 1 aromatic heterocycles. The SMILES string of the molecule is CCCC(=O)N/N=C/c1c(C)[nH]n(-c2cccc(Cl)c2)c1=O. The molecule has 116 valence electrons. The molecule has 0 atom stereocenters. The molecule has 2 aromatic rings. The van der Waals surface area contributed by atoms with Crippen LogP contribution >= 0.6 is 11.6 Å². The first-order valence-electron chi connectivity index (χ1n) is 6.92. The molecule has 0 aliphatic carbocycles. The fourth-order valence-electron chi connectivity index (χ4n) is 1.96. The van der Waals surface area contributed by atoms with E-state index in [9.17, 15) is 9.59 Å². The van der Waals surface area contributed by atoms with Gasteiger partial charge in [-0.05, 0) is 31.5 Å². The number of carbonyl (C=O) groups is 1. The molecule has 0 radical (unpaired) electrons. The van der Waals surface area contributed by atoms with Crippen LogP contribution in [0, 0.1) is 6.92 Å². The summed E-state index contributed by atoms with van der Waals surface area (Å²) in [4.78, 5) is 23.7. The van der Waals surface area contributed by atoms with Gasteiger partial charge in [-0.2, -0.15) is 5.10 Å². The van der Waals surface area contributed by atoms with Gasteiger partial charge >= 0.3 is 0 Å². The third-order valence-corrected chi connectivity index (χ3v) is 3.28. The molecular formula is C15H17ClN4O2. The number of rotatable bonds is 5. The monoisotopic (exact) mass is 320 g/mol. The molecule has 0 saturated heterocycles. The quantitative estimate of drug-likeness (QED) is 0.655. The van der Waals surface area contributed by atoms with Crippen molar-refractivity contribution in [1.29, 1.82) is 0 Å². The van der Waals surface area contributed by atoms with Crippen LogP contribution < -0.4 is 11.0 Å². The maximum atomic E-state index is 12.4. The Labute approximate surface area is 132 Å². The first-order valence-corrected chi connectivity index (χ1v) is 7.30. The van der Waals surface area contributed by atoms with E-state index in [4.69, 9.17) is 11.6 Å². The molecule has 0 unspecified atom stereocenters. The molecule has 2 N–H and O–H groups in total. The highest BCUT2D eigenvalue weighted by molar-refractivity contribution is 6.30. The van der Waals surface area contributed by atoms with E-state index in [0.29, 0.717) is 28.4 Å². The third kappa shape index (κ3) is 3.65. The van der Waals surface area contributed by atoms with E-state index in [1.807, 2.05) is 6.92 Å². The third-order valence-electron chi connectivity index (χ3n) is 3.04.